The van der Waals surface area contributed by atoms with Gasteiger partial charge in [0.25, 0.3) is 0 Å². The smallest absolute Gasteiger partial charge is 0.118 e. The third-order valence-electron chi connectivity index (χ3n) is 3.15. The molecular weight excluding hydrogens is 238 g/mol. The first-order valence-corrected chi connectivity index (χ1v) is 6.41. The van der Waals surface area contributed by atoms with Crippen molar-refractivity contribution in [2.24, 2.45) is 0 Å². The number of hydrogen-bond donors (Lipinski definition) is 1. The van der Waals surface area contributed by atoms with Crippen molar-refractivity contribution in [2.75, 3.05) is 7.11 Å². The van der Waals surface area contributed by atoms with Crippen molar-refractivity contribution < 1.29 is 9.84 Å². The second kappa shape index (κ2) is 6.34. The van der Waals surface area contributed by atoms with Crippen LogP contribution in [0.3, 0.4) is 0 Å². The molecule has 0 saturated carbocycles. The highest BCUT2D eigenvalue weighted by atomic mass is 16.5. The van der Waals surface area contributed by atoms with Crippen molar-refractivity contribution in [3.8, 4) is 5.75 Å². The monoisotopic (exact) mass is 257 g/mol. The van der Waals surface area contributed by atoms with Gasteiger partial charge in [-0.05, 0) is 48.6 Å². The number of aliphatic hydroxyl groups is 1. The minimum atomic E-state index is -0.463. The van der Waals surface area contributed by atoms with Crippen LogP contribution in [0.2, 0.25) is 0 Å². The number of methoxy groups -OCH3 is 1. The molecule has 0 saturated heterocycles. The fourth-order valence-corrected chi connectivity index (χ4v) is 2.02. The molecule has 19 heavy (non-hydrogen) atoms. The van der Waals surface area contributed by atoms with E-state index in [-0.39, 0.29) is 0 Å². The van der Waals surface area contributed by atoms with Gasteiger partial charge in [-0.25, -0.2) is 0 Å². The molecular formula is C16H19NO2. The number of aryl methyl sites for hydroxylation is 2. The maximum Gasteiger partial charge on any atom is 0.118 e. The summed E-state index contributed by atoms with van der Waals surface area (Å²) in [6.07, 6.45) is 4.58. The van der Waals surface area contributed by atoms with E-state index in [1.807, 2.05) is 37.3 Å². The average Bonchev–Trinajstić information content (AvgIpc) is 2.45. The molecule has 2 rings (SSSR count). The highest BCUT2D eigenvalue weighted by molar-refractivity contribution is 5.27. The van der Waals surface area contributed by atoms with Gasteiger partial charge >= 0.3 is 0 Å². The first-order valence-electron chi connectivity index (χ1n) is 6.41. The molecule has 0 fully saturated rings. The Balaban J connectivity index is 1.94. The lowest BCUT2D eigenvalue weighted by atomic mass is 10.0. The molecule has 100 valence electrons. The van der Waals surface area contributed by atoms with Gasteiger partial charge in [-0.15, -0.1) is 0 Å². The van der Waals surface area contributed by atoms with E-state index in [2.05, 4.69) is 4.98 Å². The third kappa shape index (κ3) is 3.80. The van der Waals surface area contributed by atoms with Crippen molar-refractivity contribution >= 4 is 0 Å². The summed E-state index contributed by atoms with van der Waals surface area (Å²) in [4.78, 5) is 4.11. The summed E-state index contributed by atoms with van der Waals surface area (Å²) in [6.45, 7) is 1.98. The summed E-state index contributed by atoms with van der Waals surface area (Å²) < 4.78 is 5.12. The molecule has 3 heteroatoms. The van der Waals surface area contributed by atoms with Crippen LogP contribution in [0.25, 0.3) is 0 Å². The van der Waals surface area contributed by atoms with Gasteiger partial charge in [0.15, 0.2) is 0 Å². The lowest BCUT2D eigenvalue weighted by Gasteiger charge is -2.11. The number of rotatable bonds is 5. The van der Waals surface area contributed by atoms with Gasteiger partial charge in [0, 0.05) is 12.4 Å². The minimum absolute atomic E-state index is 0.463. The molecule has 1 aromatic carbocycles. The largest absolute Gasteiger partial charge is 0.497 e. The van der Waals surface area contributed by atoms with E-state index < -0.39 is 6.10 Å². The zero-order valence-corrected chi connectivity index (χ0v) is 11.3. The van der Waals surface area contributed by atoms with Gasteiger partial charge in [0.05, 0.1) is 13.2 Å². The number of nitrogens with zero attached hydrogens (tertiary/aromatic N) is 1. The Labute approximate surface area is 113 Å². The van der Waals surface area contributed by atoms with Crippen molar-refractivity contribution in [1.82, 2.24) is 4.98 Å². The SMILES string of the molecule is COc1ccc(CCC(O)c2cncc(C)c2)cc1. The molecule has 0 aliphatic heterocycles. The Bertz CT molecular complexity index is 523. The maximum atomic E-state index is 10.1. The van der Waals surface area contributed by atoms with E-state index in [1.165, 1.54) is 5.56 Å². The summed E-state index contributed by atoms with van der Waals surface area (Å²) in [5, 5.41) is 10.1. The Morgan fingerprint density at radius 2 is 1.95 bits per heavy atom. The molecule has 0 aliphatic rings. The van der Waals surface area contributed by atoms with Crippen molar-refractivity contribution in [3.63, 3.8) is 0 Å². The summed E-state index contributed by atoms with van der Waals surface area (Å²) >= 11 is 0. The van der Waals surface area contributed by atoms with Gasteiger partial charge in [-0.1, -0.05) is 18.2 Å². The molecule has 2 aromatic rings. The Morgan fingerprint density at radius 3 is 2.58 bits per heavy atom. The summed E-state index contributed by atoms with van der Waals surface area (Å²) in [5.74, 6) is 0.854. The van der Waals surface area contributed by atoms with Crippen molar-refractivity contribution in [2.45, 2.75) is 25.9 Å². The van der Waals surface area contributed by atoms with E-state index in [1.54, 1.807) is 19.5 Å². The molecule has 0 aliphatic carbocycles. The van der Waals surface area contributed by atoms with E-state index in [0.717, 1.165) is 23.3 Å². The standard InChI is InChI=1S/C16H19NO2/c1-12-9-14(11-17-10-12)16(18)8-5-13-3-6-15(19-2)7-4-13/h3-4,6-7,9-11,16,18H,5,8H2,1-2H3. The topological polar surface area (TPSA) is 42.4 Å². The zero-order valence-electron chi connectivity index (χ0n) is 11.3. The van der Waals surface area contributed by atoms with Crippen LogP contribution in [0.5, 0.6) is 5.75 Å². The van der Waals surface area contributed by atoms with Crippen LogP contribution >= 0.6 is 0 Å². The predicted molar refractivity (Wildman–Crippen MR) is 75.2 cm³/mol. The minimum Gasteiger partial charge on any atom is -0.497 e. The summed E-state index contributed by atoms with van der Waals surface area (Å²) in [7, 11) is 1.66. The van der Waals surface area contributed by atoms with Gasteiger partial charge in [0.2, 0.25) is 0 Å². The first-order chi connectivity index (χ1) is 9.19. The molecule has 0 amide bonds. The van der Waals surface area contributed by atoms with Crippen LogP contribution < -0.4 is 4.74 Å². The van der Waals surface area contributed by atoms with Gasteiger partial charge in [0.1, 0.15) is 5.75 Å². The number of aliphatic hydroxyl groups excluding tert-OH is 1. The molecule has 1 atom stereocenters. The lowest BCUT2D eigenvalue weighted by molar-refractivity contribution is 0.167. The quantitative estimate of drug-likeness (QED) is 0.895. The third-order valence-corrected chi connectivity index (χ3v) is 3.15. The van der Waals surface area contributed by atoms with E-state index in [4.69, 9.17) is 4.74 Å². The van der Waals surface area contributed by atoms with Gasteiger partial charge in [-0.2, -0.15) is 0 Å². The van der Waals surface area contributed by atoms with Gasteiger partial charge in [-0.3, -0.25) is 4.98 Å². The fraction of sp³-hybridized carbons (Fsp3) is 0.312. The normalized spacial score (nSPS) is 12.2. The average molecular weight is 257 g/mol. The highest BCUT2D eigenvalue weighted by Crippen LogP contribution is 2.20. The molecule has 1 heterocycles. The number of ether oxygens (including phenoxy) is 1. The molecule has 3 nitrogen and oxygen atoms in total. The zero-order chi connectivity index (χ0) is 13.7. The number of hydrogen-bond acceptors (Lipinski definition) is 3. The Kier molecular flexibility index (Phi) is 4.53. The summed E-state index contributed by atoms with van der Waals surface area (Å²) in [6, 6.07) is 9.91. The Morgan fingerprint density at radius 1 is 1.21 bits per heavy atom. The van der Waals surface area contributed by atoms with Crippen molar-refractivity contribution in [3.05, 3.63) is 59.4 Å². The maximum absolute atomic E-state index is 10.1. The number of benzene rings is 1. The first kappa shape index (κ1) is 13.6. The molecule has 1 unspecified atom stereocenters. The molecule has 0 bridgehead atoms. The van der Waals surface area contributed by atoms with Crippen LogP contribution in [0, 0.1) is 6.92 Å². The second-order valence-electron chi connectivity index (χ2n) is 4.70. The van der Waals surface area contributed by atoms with Crippen LogP contribution in [0.1, 0.15) is 29.2 Å². The summed E-state index contributed by atoms with van der Waals surface area (Å²) in [5.41, 5.74) is 3.15. The van der Waals surface area contributed by atoms with Crippen LogP contribution in [0.4, 0.5) is 0 Å². The highest BCUT2D eigenvalue weighted by Gasteiger charge is 2.08. The van der Waals surface area contributed by atoms with E-state index in [9.17, 15) is 5.11 Å². The molecule has 0 spiro atoms. The number of pyridine rings is 1. The van der Waals surface area contributed by atoms with Crippen molar-refractivity contribution in [1.29, 1.82) is 0 Å². The van der Waals surface area contributed by atoms with E-state index >= 15 is 0 Å². The van der Waals surface area contributed by atoms with Crippen LogP contribution in [-0.2, 0) is 6.42 Å². The predicted octanol–water partition coefficient (Wildman–Crippen LogP) is 3.06. The van der Waals surface area contributed by atoms with Crippen LogP contribution in [0.15, 0.2) is 42.7 Å². The van der Waals surface area contributed by atoms with Crippen LogP contribution in [-0.4, -0.2) is 17.2 Å². The second-order valence-corrected chi connectivity index (χ2v) is 4.70. The van der Waals surface area contributed by atoms with Gasteiger partial charge < -0.3 is 9.84 Å². The lowest BCUT2D eigenvalue weighted by Crippen LogP contribution is -2.00. The molecule has 1 N–H and O–H groups in total. The van der Waals surface area contributed by atoms with E-state index in [0.29, 0.717) is 6.42 Å². The Hall–Kier alpha value is -1.87. The fourth-order valence-electron chi connectivity index (χ4n) is 2.02. The molecule has 1 aromatic heterocycles. The molecule has 0 radical (unpaired) electrons. The number of aromatic nitrogens is 1.